The van der Waals surface area contributed by atoms with Gasteiger partial charge in [0, 0.05) is 24.7 Å². The molecule has 3 aromatic carbocycles. The van der Waals surface area contributed by atoms with Gasteiger partial charge in [0.2, 0.25) is 0 Å². The Labute approximate surface area is 176 Å². The quantitative estimate of drug-likeness (QED) is 0.641. The highest BCUT2D eigenvalue weighted by Crippen LogP contribution is 2.18. The van der Waals surface area contributed by atoms with Crippen LogP contribution in [-0.2, 0) is 23.1 Å². The Morgan fingerprint density at radius 1 is 0.900 bits per heavy atom. The van der Waals surface area contributed by atoms with Gasteiger partial charge in [-0.25, -0.2) is 0 Å². The molecule has 0 spiro atoms. The van der Waals surface area contributed by atoms with Crippen LogP contribution in [0, 0.1) is 0 Å². The summed E-state index contributed by atoms with van der Waals surface area (Å²) in [6, 6.07) is 22.0. The second kappa shape index (κ2) is 8.59. The molecule has 4 rings (SSSR count). The number of hydrogen-bond acceptors (Lipinski definition) is 4. The van der Waals surface area contributed by atoms with Gasteiger partial charge in [0.15, 0.2) is 0 Å². The first-order valence-electron chi connectivity index (χ1n) is 9.67. The molecule has 0 radical (unpaired) electrons. The molecule has 2 N–H and O–H groups in total. The maximum Gasteiger partial charge on any atom is 0.322 e. The predicted molar refractivity (Wildman–Crippen MR) is 120 cm³/mol. The molecule has 0 bridgehead atoms. The van der Waals surface area contributed by atoms with Crippen molar-refractivity contribution < 1.29 is 13.2 Å². The molecule has 1 aliphatic heterocycles. The topological polar surface area (TPSA) is 79.8 Å². The predicted octanol–water partition coefficient (Wildman–Crippen LogP) is 3.35. The Morgan fingerprint density at radius 2 is 1.63 bits per heavy atom. The van der Waals surface area contributed by atoms with Crippen LogP contribution >= 0.6 is 0 Å². The largest absolute Gasteiger partial charge is 0.497 e. The van der Waals surface area contributed by atoms with Crippen molar-refractivity contribution in [3.05, 3.63) is 89.6 Å². The van der Waals surface area contributed by atoms with E-state index in [2.05, 4.69) is 26.6 Å². The number of benzene rings is 3. The Kier molecular flexibility index (Phi) is 5.72. The van der Waals surface area contributed by atoms with Gasteiger partial charge in [-0.1, -0.05) is 54.6 Å². The minimum absolute atomic E-state index is 0.345. The highest BCUT2D eigenvalue weighted by atomic mass is 32.2. The van der Waals surface area contributed by atoms with Crippen molar-refractivity contribution in [3.63, 3.8) is 0 Å². The molecule has 154 valence electrons. The van der Waals surface area contributed by atoms with E-state index in [0.717, 1.165) is 27.6 Å². The van der Waals surface area contributed by atoms with Crippen molar-refractivity contribution in [2.75, 3.05) is 13.7 Å². The highest BCUT2D eigenvalue weighted by molar-refractivity contribution is 7.88. The standard InChI is InChI=1S/C23H23N3O3S/c1-29-22-10-7-17(8-11-22)12-13-24-23-16-21(25-30(27,28)26-23)15-18-6-9-19-4-2-3-5-20(19)14-18/h2-11,14,16,25H,12-13,15H2,1H3,(H,24,26). The van der Waals surface area contributed by atoms with Gasteiger partial charge in [-0.05, 0) is 40.5 Å². The van der Waals surface area contributed by atoms with Gasteiger partial charge in [0.05, 0.1) is 7.11 Å². The number of aliphatic imine (C=N–C) groups is 1. The summed E-state index contributed by atoms with van der Waals surface area (Å²) in [7, 11) is -2.03. The molecular formula is C23H23N3O3S. The van der Waals surface area contributed by atoms with Gasteiger partial charge in [0.1, 0.15) is 11.6 Å². The van der Waals surface area contributed by atoms with Gasteiger partial charge in [-0.15, -0.1) is 0 Å². The number of methoxy groups -OCH3 is 1. The second-order valence-corrected chi connectivity index (χ2v) is 8.52. The molecular weight excluding hydrogens is 398 g/mol. The number of nitrogens with one attached hydrogen (secondary N) is 2. The van der Waals surface area contributed by atoms with E-state index in [-0.39, 0.29) is 0 Å². The summed E-state index contributed by atoms with van der Waals surface area (Å²) in [5, 5.41) is 2.28. The average Bonchev–Trinajstić information content (AvgIpc) is 2.73. The van der Waals surface area contributed by atoms with Crippen LogP contribution in [0.25, 0.3) is 10.8 Å². The Bertz CT molecular complexity index is 1220. The first-order chi connectivity index (χ1) is 14.5. The number of amidine groups is 1. The van der Waals surface area contributed by atoms with E-state index < -0.39 is 10.2 Å². The number of rotatable bonds is 6. The third-order valence-electron chi connectivity index (χ3n) is 4.87. The third kappa shape index (κ3) is 4.99. The fourth-order valence-electron chi connectivity index (χ4n) is 3.39. The molecule has 0 amide bonds. The van der Waals surface area contributed by atoms with Crippen LogP contribution < -0.4 is 14.2 Å². The number of ether oxygens (including phenoxy) is 1. The van der Waals surface area contributed by atoms with Crippen molar-refractivity contribution in [1.29, 1.82) is 0 Å². The van der Waals surface area contributed by atoms with Crippen molar-refractivity contribution in [2.24, 2.45) is 4.99 Å². The Balaban J connectivity index is 1.48. The van der Waals surface area contributed by atoms with Crippen LogP contribution in [0.4, 0.5) is 0 Å². The molecule has 1 aliphatic rings. The number of fused-ring (bicyclic) bond motifs is 1. The summed E-state index contributed by atoms with van der Waals surface area (Å²) in [6.45, 7) is 0.476. The minimum Gasteiger partial charge on any atom is -0.497 e. The van der Waals surface area contributed by atoms with E-state index in [1.165, 1.54) is 0 Å². The third-order valence-corrected chi connectivity index (χ3v) is 5.87. The maximum absolute atomic E-state index is 12.2. The maximum atomic E-state index is 12.2. The van der Waals surface area contributed by atoms with Gasteiger partial charge in [-0.3, -0.25) is 14.4 Å². The summed E-state index contributed by atoms with van der Waals surface area (Å²) in [5.74, 6) is 1.15. The van der Waals surface area contributed by atoms with E-state index in [1.807, 2.05) is 54.6 Å². The fourth-order valence-corrected chi connectivity index (χ4v) is 4.32. The van der Waals surface area contributed by atoms with Gasteiger partial charge in [-0.2, -0.15) is 8.42 Å². The fraction of sp³-hybridized carbons (Fsp3) is 0.174. The van der Waals surface area contributed by atoms with E-state index in [9.17, 15) is 8.42 Å². The summed E-state index contributed by atoms with van der Waals surface area (Å²) >= 11 is 0. The lowest BCUT2D eigenvalue weighted by molar-refractivity contribution is 0.414. The van der Waals surface area contributed by atoms with Crippen LogP contribution in [0.1, 0.15) is 11.1 Å². The van der Waals surface area contributed by atoms with Crippen molar-refractivity contribution >= 4 is 26.8 Å². The molecule has 0 saturated carbocycles. The lowest BCUT2D eigenvalue weighted by Crippen LogP contribution is -2.44. The van der Waals surface area contributed by atoms with Crippen LogP contribution in [0.15, 0.2) is 83.5 Å². The monoisotopic (exact) mass is 421 g/mol. The average molecular weight is 422 g/mol. The molecule has 30 heavy (non-hydrogen) atoms. The molecule has 0 aliphatic carbocycles. The first-order valence-corrected chi connectivity index (χ1v) is 11.2. The molecule has 7 heteroatoms. The van der Waals surface area contributed by atoms with Gasteiger partial charge in [0.25, 0.3) is 0 Å². The number of allylic oxidation sites excluding steroid dienone is 1. The molecule has 6 nitrogen and oxygen atoms in total. The number of nitrogens with zero attached hydrogens (tertiary/aromatic N) is 1. The lowest BCUT2D eigenvalue weighted by Gasteiger charge is -2.19. The lowest BCUT2D eigenvalue weighted by atomic mass is 10.0. The molecule has 0 saturated heterocycles. The second-order valence-electron chi connectivity index (χ2n) is 7.10. The Morgan fingerprint density at radius 3 is 2.40 bits per heavy atom. The summed E-state index contributed by atoms with van der Waals surface area (Å²) in [5.41, 5.74) is 2.73. The van der Waals surface area contributed by atoms with E-state index >= 15 is 0 Å². The summed E-state index contributed by atoms with van der Waals surface area (Å²) in [4.78, 5) is 4.44. The van der Waals surface area contributed by atoms with Crippen LogP contribution in [0.3, 0.4) is 0 Å². The minimum atomic E-state index is -3.66. The molecule has 1 heterocycles. The van der Waals surface area contributed by atoms with Crippen LogP contribution in [0.5, 0.6) is 5.75 Å². The zero-order valence-electron chi connectivity index (χ0n) is 16.6. The zero-order valence-corrected chi connectivity index (χ0v) is 17.4. The van der Waals surface area contributed by atoms with Crippen molar-refractivity contribution in [2.45, 2.75) is 12.8 Å². The van der Waals surface area contributed by atoms with Gasteiger partial charge >= 0.3 is 10.2 Å². The van der Waals surface area contributed by atoms with E-state index in [4.69, 9.17) is 4.74 Å². The van der Waals surface area contributed by atoms with E-state index in [1.54, 1.807) is 13.2 Å². The molecule has 0 aromatic heterocycles. The SMILES string of the molecule is COc1ccc(CCN=C2C=C(Cc3ccc4ccccc4c3)NS(=O)(=O)N2)cc1. The summed E-state index contributed by atoms with van der Waals surface area (Å²) < 4.78 is 34.6. The smallest absolute Gasteiger partial charge is 0.322 e. The number of hydrogen-bond donors (Lipinski definition) is 2. The zero-order chi connectivity index (χ0) is 21.0. The van der Waals surface area contributed by atoms with Crippen LogP contribution in [-0.4, -0.2) is 27.9 Å². The van der Waals surface area contributed by atoms with Crippen molar-refractivity contribution in [1.82, 2.24) is 9.44 Å². The van der Waals surface area contributed by atoms with Crippen molar-refractivity contribution in [3.8, 4) is 5.75 Å². The van der Waals surface area contributed by atoms with Gasteiger partial charge < -0.3 is 4.74 Å². The molecule has 0 fully saturated rings. The highest BCUT2D eigenvalue weighted by Gasteiger charge is 2.19. The van der Waals surface area contributed by atoms with E-state index in [0.29, 0.717) is 30.9 Å². The Hall–Kier alpha value is -3.32. The molecule has 0 atom stereocenters. The molecule has 3 aromatic rings. The first kappa shape index (κ1) is 20.0. The normalized spacial score (nSPS) is 16.6. The molecule has 0 unspecified atom stereocenters. The summed E-state index contributed by atoms with van der Waals surface area (Å²) in [6.07, 6.45) is 2.93. The van der Waals surface area contributed by atoms with Crippen LogP contribution in [0.2, 0.25) is 0 Å².